The zero-order valence-electron chi connectivity index (χ0n) is 17.4. The Balaban J connectivity index is 1.61. The first-order valence-corrected chi connectivity index (χ1v) is 10.4. The molecule has 1 N–H and O–H groups in total. The third kappa shape index (κ3) is 2.75. The Morgan fingerprint density at radius 2 is 2.00 bits per heavy atom. The number of ether oxygens (including phenoxy) is 3. The van der Waals surface area contributed by atoms with Crippen LogP contribution in [0.2, 0.25) is 0 Å². The van der Waals surface area contributed by atoms with Crippen LogP contribution in [0, 0.1) is 11.8 Å². The van der Waals surface area contributed by atoms with E-state index in [2.05, 4.69) is 22.0 Å². The molecular formula is C23H26N2O5. The lowest BCUT2D eigenvalue weighted by molar-refractivity contribution is -0.153. The van der Waals surface area contributed by atoms with Crippen molar-refractivity contribution < 1.29 is 23.8 Å². The van der Waals surface area contributed by atoms with E-state index in [0.29, 0.717) is 25.0 Å². The standard InChI is InChI=1S/C23H26N2O5/c1-12-16-10-25-19(8-14(16)17(11-30-12)22(26)28-2)21-15(9-20(25)23(27)29-3)13-6-4-5-7-18(13)24-21/h4-7,11-12,14,16,19-20,24H,8-10H2,1-3H3/t12-,14-,16-,19-,20-/m0/s1. The fourth-order valence-electron chi connectivity index (χ4n) is 5.59. The lowest BCUT2D eigenvalue weighted by atomic mass is 9.71. The summed E-state index contributed by atoms with van der Waals surface area (Å²) in [5, 5.41) is 1.15. The molecule has 1 fully saturated rings. The molecule has 1 aromatic heterocycles. The Morgan fingerprint density at radius 1 is 1.20 bits per heavy atom. The van der Waals surface area contributed by atoms with E-state index in [-0.39, 0.29) is 42.0 Å². The topological polar surface area (TPSA) is 80.9 Å². The molecule has 1 saturated heterocycles. The van der Waals surface area contributed by atoms with E-state index in [1.165, 1.54) is 19.8 Å². The highest BCUT2D eigenvalue weighted by molar-refractivity contribution is 5.89. The quantitative estimate of drug-likeness (QED) is 0.767. The Morgan fingerprint density at radius 3 is 2.77 bits per heavy atom. The van der Waals surface area contributed by atoms with Gasteiger partial charge in [0.15, 0.2) is 0 Å². The smallest absolute Gasteiger partial charge is 0.337 e. The first-order valence-electron chi connectivity index (χ1n) is 10.4. The molecule has 1 aromatic carbocycles. The van der Waals surface area contributed by atoms with Crippen molar-refractivity contribution in [2.24, 2.45) is 11.8 Å². The second-order valence-corrected chi connectivity index (χ2v) is 8.43. The van der Waals surface area contributed by atoms with E-state index in [4.69, 9.17) is 14.2 Å². The molecule has 3 aliphatic rings. The van der Waals surface area contributed by atoms with Crippen LogP contribution in [-0.4, -0.2) is 54.7 Å². The minimum atomic E-state index is -0.354. The van der Waals surface area contributed by atoms with Gasteiger partial charge in [-0.25, -0.2) is 4.79 Å². The molecule has 0 radical (unpaired) electrons. The summed E-state index contributed by atoms with van der Waals surface area (Å²) in [7, 11) is 2.84. The number of carbonyl (C=O) groups is 2. The molecule has 7 nitrogen and oxygen atoms in total. The zero-order valence-corrected chi connectivity index (χ0v) is 17.4. The normalized spacial score (nSPS) is 30.4. The van der Waals surface area contributed by atoms with Gasteiger partial charge in [-0.15, -0.1) is 0 Å². The number of hydrogen-bond donors (Lipinski definition) is 1. The summed E-state index contributed by atoms with van der Waals surface area (Å²) in [6.07, 6.45) is 2.84. The molecule has 4 heterocycles. The number of para-hydroxylation sites is 1. The maximum absolute atomic E-state index is 12.8. The number of rotatable bonds is 2. The molecular weight excluding hydrogens is 384 g/mol. The minimum Gasteiger partial charge on any atom is -0.497 e. The number of aromatic amines is 1. The second-order valence-electron chi connectivity index (χ2n) is 8.43. The minimum absolute atomic E-state index is 0.00939. The summed E-state index contributed by atoms with van der Waals surface area (Å²) in [5.41, 5.74) is 3.96. The average Bonchev–Trinajstić information content (AvgIpc) is 3.15. The van der Waals surface area contributed by atoms with E-state index >= 15 is 0 Å². The number of aromatic nitrogens is 1. The molecule has 0 unspecified atom stereocenters. The maximum atomic E-state index is 12.8. The zero-order chi connectivity index (χ0) is 21.0. The van der Waals surface area contributed by atoms with Gasteiger partial charge in [0.2, 0.25) is 0 Å². The van der Waals surface area contributed by atoms with E-state index in [9.17, 15) is 9.59 Å². The van der Waals surface area contributed by atoms with Crippen LogP contribution in [0.1, 0.15) is 30.6 Å². The van der Waals surface area contributed by atoms with Crippen molar-refractivity contribution in [1.29, 1.82) is 0 Å². The highest BCUT2D eigenvalue weighted by Crippen LogP contribution is 2.49. The van der Waals surface area contributed by atoms with Crippen LogP contribution >= 0.6 is 0 Å². The van der Waals surface area contributed by atoms with E-state index < -0.39 is 0 Å². The fraction of sp³-hybridized carbons (Fsp3) is 0.478. The first-order chi connectivity index (χ1) is 14.5. The monoisotopic (exact) mass is 410 g/mol. The number of fused-ring (bicyclic) bond motifs is 6. The summed E-state index contributed by atoms with van der Waals surface area (Å²) in [4.78, 5) is 31.0. The van der Waals surface area contributed by atoms with Gasteiger partial charge in [-0.2, -0.15) is 0 Å². The number of benzene rings is 1. The molecule has 5 rings (SSSR count). The SMILES string of the molecule is COC(=O)C1=CO[C@@H](C)[C@@H]2CN3[C@H](C(=O)OC)Cc4c([nH]c5ccccc45)[C@@H]3C[C@H]12. The molecule has 0 amide bonds. The summed E-state index contributed by atoms with van der Waals surface area (Å²) in [6, 6.07) is 7.82. The molecule has 30 heavy (non-hydrogen) atoms. The third-order valence-corrected chi connectivity index (χ3v) is 7.10. The molecule has 7 heteroatoms. The number of esters is 2. The molecule has 2 aromatic rings. The molecule has 0 bridgehead atoms. The van der Waals surface area contributed by atoms with Crippen molar-refractivity contribution in [1.82, 2.24) is 9.88 Å². The Kier molecular flexibility index (Phi) is 4.58. The van der Waals surface area contributed by atoms with Crippen LogP contribution < -0.4 is 0 Å². The number of H-pyrrole nitrogens is 1. The summed E-state index contributed by atoms with van der Waals surface area (Å²) < 4.78 is 16.0. The number of carbonyl (C=O) groups excluding carboxylic acids is 2. The van der Waals surface area contributed by atoms with Crippen molar-refractivity contribution in [3.63, 3.8) is 0 Å². The van der Waals surface area contributed by atoms with Gasteiger partial charge < -0.3 is 19.2 Å². The highest BCUT2D eigenvalue weighted by atomic mass is 16.5. The second kappa shape index (κ2) is 7.16. The molecule has 0 saturated carbocycles. The lowest BCUT2D eigenvalue weighted by Crippen LogP contribution is -2.57. The summed E-state index contributed by atoms with van der Waals surface area (Å²) in [5.74, 6) is -0.457. The predicted octanol–water partition coefficient (Wildman–Crippen LogP) is 2.72. The number of methoxy groups -OCH3 is 2. The number of nitrogens with one attached hydrogen (secondary N) is 1. The van der Waals surface area contributed by atoms with Crippen molar-refractivity contribution >= 4 is 22.8 Å². The third-order valence-electron chi connectivity index (χ3n) is 7.10. The van der Waals surface area contributed by atoms with Crippen molar-refractivity contribution in [2.45, 2.75) is 38.0 Å². The fourth-order valence-corrected chi connectivity index (χ4v) is 5.59. The molecule has 158 valence electrons. The van der Waals surface area contributed by atoms with E-state index in [0.717, 1.165) is 16.6 Å². The molecule has 3 aliphatic heterocycles. The van der Waals surface area contributed by atoms with Crippen LogP contribution in [0.5, 0.6) is 0 Å². The maximum Gasteiger partial charge on any atom is 0.337 e. The van der Waals surface area contributed by atoms with E-state index in [1.54, 1.807) is 6.26 Å². The van der Waals surface area contributed by atoms with Gasteiger partial charge in [-0.3, -0.25) is 9.69 Å². The number of nitrogens with zero attached hydrogens (tertiary/aromatic N) is 1. The van der Waals surface area contributed by atoms with Gasteiger partial charge in [0.1, 0.15) is 6.04 Å². The molecule has 0 aliphatic carbocycles. The number of hydrogen-bond acceptors (Lipinski definition) is 6. The van der Waals surface area contributed by atoms with Crippen LogP contribution in [0.15, 0.2) is 36.1 Å². The summed E-state index contributed by atoms with van der Waals surface area (Å²) >= 11 is 0. The van der Waals surface area contributed by atoms with Gasteiger partial charge in [-0.1, -0.05) is 18.2 Å². The van der Waals surface area contributed by atoms with Gasteiger partial charge >= 0.3 is 11.9 Å². The Labute approximate surface area is 175 Å². The van der Waals surface area contributed by atoms with Crippen LogP contribution in [-0.2, 0) is 30.2 Å². The molecule has 5 atom stereocenters. The first kappa shape index (κ1) is 19.2. The largest absolute Gasteiger partial charge is 0.497 e. The van der Waals surface area contributed by atoms with Crippen molar-refractivity contribution in [3.05, 3.63) is 47.4 Å². The van der Waals surface area contributed by atoms with Crippen LogP contribution in [0.3, 0.4) is 0 Å². The highest BCUT2D eigenvalue weighted by Gasteiger charge is 2.50. The van der Waals surface area contributed by atoms with Gasteiger partial charge in [0.05, 0.1) is 38.2 Å². The van der Waals surface area contributed by atoms with Crippen LogP contribution in [0.25, 0.3) is 10.9 Å². The van der Waals surface area contributed by atoms with Gasteiger partial charge in [0.25, 0.3) is 0 Å². The predicted molar refractivity (Wildman–Crippen MR) is 109 cm³/mol. The summed E-state index contributed by atoms with van der Waals surface area (Å²) in [6.45, 7) is 2.67. The van der Waals surface area contributed by atoms with Gasteiger partial charge in [0, 0.05) is 41.4 Å². The average molecular weight is 410 g/mol. The number of piperidine rings is 1. The Bertz CT molecular complexity index is 1040. The van der Waals surface area contributed by atoms with Gasteiger partial charge in [-0.05, 0) is 25.0 Å². The van der Waals surface area contributed by atoms with E-state index in [1.807, 2.05) is 19.1 Å². The van der Waals surface area contributed by atoms with Crippen molar-refractivity contribution in [3.8, 4) is 0 Å². The lowest BCUT2D eigenvalue weighted by Gasteiger charge is -2.51. The Hall–Kier alpha value is -2.80. The van der Waals surface area contributed by atoms with Crippen LogP contribution in [0.4, 0.5) is 0 Å². The van der Waals surface area contributed by atoms with Crippen molar-refractivity contribution in [2.75, 3.05) is 20.8 Å². The molecule has 0 spiro atoms.